The molecule has 0 aromatic heterocycles. The molecule has 0 unspecified atom stereocenters. The number of nitro groups is 1. The minimum absolute atomic E-state index is 0.0667. The lowest BCUT2D eigenvalue weighted by Crippen LogP contribution is -2.20. The summed E-state index contributed by atoms with van der Waals surface area (Å²) in [6.07, 6.45) is 1.26. The summed E-state index contributed by atoms with van der Waals surface area (Å²) in [7, 11) is 2.85. The van der Waals surface area contributed by atoms with Gasteiger partial charge in [-0.15, -0.1) is 0 Å². The van der Waals surface area contributed by atoms with E-state index in [9.17, 15) is 25.0 Å². The fourth-order valence-corrected chi connectivity index (χ4v) is 3.52. The maximum Gasteiger partial charge on any atom is 0.271 e. The quantitative estimate of drug-likeness (QED) is 0.162. The standard InChI is InChI=1S/C26H21ClN4O7/c1-36-22-9-4-3-8-21(22)30-24(32)15-38-25-20(27)11-16(12-23(25)37-2)10-17(14-28)26(33)29-18-6-5-7-19(13-18)31(34)35/h3-13H,15H2,1-2H3,(H,29,33)(H,30,32)/b17-10-. The molecule has 0 saturated heterocycles. The molecule has 0 bridgehead atoms. The maximum atomic E-state index is 12.6. The van der Waals surface area contributed by atoms with Crippen LogP contribution in [0.4, 0.5) is 17.1 Å². The lowest BCUT2D eigenvalue weighted by molar-refractivity contribution is -0.384. The molecule has 194 valence electrons. The van der Waals surface area contributed by atoms with Gasteiger partial charge >= 0.3 is 0 Å². The number of amides is 2. The Bertz CT molecular complexity index is 1450. The number of methoxy groups -OCH3 is 2. The summed E-state index contributed by atoms with van der Waals surface area (Å²) in [5, 5.41) is 25.6. The Hall–Kier alpha value is -5.08. The van der Waals surface area contributed by atoms with Crippen molar-refractivity contribution in [1.29, 1.82) is 5.26 Å². The van der Waals surface area contributed by atoms with Crippen LogP contribution in [0.2, 0.25) is 5.02 Å². The molecule has 0 heterocycles. The van der Waals surface area contributed by atoms with Crippen LogP contribution in [0, 0.1) is 21.4 Å². The molecule has 0 aliphatic carbocycles. The van der Waals surface area contributed by atoms with Gasteiger partial charge in [-0.1, -0.05) is 29.8 Å². The fraction of sp³-hybridized carbons (Fsp3) is 0.115. The van der Waals surface area contributed by atoms with Gasteiger partial charge in [0.2, 0.25) is 0 Å². The predicted molar refractivity (Wildman–Crippen MR) is 140 cm³/mol. The van der Waals surface area contributed by atoms with Gasteiger partial charge in [0.25, 0.3) is 17.5 Å². The number of anilines is 2. The third-order valence-electron chi connectivity index (χ3n) is 4.97. The van der Waals surface area contributed by atoms with Crippen molar-refractivity contribution in [3.63, 3.8) is 0 Å². The molecular formula is C26H21ClN4O7. The highest BCUT2D eigenvalue weighted by Gasteiger charge is 2.17. The van der Waals surface area contributed by atoms with Gasteiger partial charge in [0, 0.05) is 17.8 Å². The molecule has 0 spiro atoms. The zero-order valence-corrected chi connectivity index (χ0v) is 20.9. The minimum Gasteiger partial charge on any atom is -0.495 e. The molecule has 0 radical (unpaired) electrons. The number of ether oxygens (including phenoxy) is 3. The van der Waals surface area contributed by atoms with Crippen molar-refractivity contribution < 1.29 is 28.7 Å². The zero-order valence-electron chi connectivity index (χ0n) is 20.2. The normalized spacial score (nSPS) is 10.6. The summed E-state index contributed by atoms with van der Waals surface area (Å²) in [5.74, 6) is -0.528. The summed E-state index contributed by atoms with van der Waals surface area (Å²) < 4.78 is 16.1. The molecule has 0 fully saturated rings. The van der Waals surface area contributed by atoms with E-state index in [0.717, 1.165) is 0 Å². The number of nitro benzene ring substituents is 1. The van der Waals surface area contributed by atoms with E-state index in [4.69, 9.17) is 25.8 Å². The van der Waals surface area contributed by atoms with Crippen LogP contribution < -0.4 is 24.8 Å². The van der Waals surface area contributed by atoms with Crippen molar-refractivity contribution >= 4 is 46.6 Å². The second-order valence-electron chi connectivity index (χ2n) is 7.50. The van der Waals surface area contributed by atoms with Crippen LogP contribution in [0.25, 0.3) is 6.08 Å². The highest BCUT2D eigenvalue weighted by Crippen LogP contribution is 2.37. The fourth-order valence-electron chi connectivity index (χ4n) is 3.25. The summed E-state index contributed by atoms with van der Waals surface area (Å²) >= 11 is 6.35. The average Bonchev–Trinajstić information content (AvgIpc) is 2.91. The van der Waals surface area contributed by atoms with Crippen molar-refractivity contribution in [1.82, 2.24) is 0 Å². The van der Waals surface area contributed by atoms with E-state index >= 15 is 0 Å². The van der Waals surface area contributed by atoms with Gasteiger partial charge in [-0.2, -0.15) is 5.26 Å². The van der Waals surface area contributed by atoms with Gasteiger partial charge in [-0.3, -0.25) is 19.7 Å². The second-order valence-corrected chi connectivity index (χ2v) is 7.91. The first-order valence-electron chi connectivity index (χ1n) is 10.9. The monoisotopic (exact) mass is 536 g/mol. The molecular weight excluding hydrogens is 516 g/mol. The third kappa shape index (κ3) is 6.99. The molecule has 38 heavy (non-hydrogen) atoms. The number of hydrogen-bond donors (Lipinski definition) is 2. The van der Waals surface area contributed by atoms with Crippen molar-refractivity contribution in [3.05, 3.63) is 86.9 Å². The Morgan fingerprint density at radius 3 is 2.47 bits per heavy atom. The molecule has 0 aliphatic rings. The number of nitrogens with one attached hydrogen (secondary N) is 2. The summed E-state index contributed by atoms with van der Waals surface area (Å²) in [6.45, 7) is -0.390. The maximum absolute atomic E-state index is 12.6. The first kappa shape index (κ1) is 27.5. The molecule has 3 aromatic rings. The van der Waals surface area contributed by atoms with Gasteiger partial charge in [0.1, 0.15) is 17.4 Å². The number of para-hydroxylation sites is 2. The molecule has 0 saturated carbocycles. The number of rotatable bonds is 10. The highest BCUT2D eigenvalue weighted by molar-refractivity contribution is 6.32. The van der Waals surface area contributed by atoms with Gasteiger partial charge in [-0.25, -0.2) is 0 Å². The Labute approximate surface area is 222 Å². The van der Waals surface area contributed by atoms with E-state index in [1.165, 1.54) is 56.7 Å². The molecule has 0 aliphatic heterocycles. The number of nitrogens with zero attached hydrogens (tertiary/aromatic N) is 2. The SMILES string of the molecule is COc1ccccc1NC(=O)COc1c(Cl)cc(/C=C(/C#N)C(=O)Nc2cccc([N+](=O)[O-])c2)cc1OC. The Balaban J connectivity index is 1.75. The number of halogens is 1. The van der Waals surface area contributed by atoms with E-state index in [1.54, 1.807) is 30.3 Å². The van der Waals surface area contributed by atoms with Crippen LogP contribution in [0.5, 0.6) is 17.2 Å². The van der Waals surface area contributed by atoms with E-state index in [0.29, 0.717) is 17.0 Å². The zero-order chi connectivity index (χ0) is 27.7. The van der Waals surface area contributed by atoms with Gasteiger partial charge < -0.3 is 24.8 Å². The molecule has 11 nitrogen and oxygen atoms in total. The average molecular weight is 537 g/mol. The van der Waals surface area contributed by atoms with Crippen LogP contribution in [-0.4, -0.2) is 37.6 Å². The topological polar surface area (TPSA) is 153 Å². The van der Waals surface area contributed by atoms with Crippen LogP contribution in [0.3, 0.4) is 0 Å². The van der Waals surface area contributed by atoms with Crippen molar-refractivity contribution in [2.45, 2.75) is 0 Å². The number of benzene rings is 3. The first-order chi connectivity index (χ1) is 18.2. The summed E-state index contributed by atoms with van der Waals surface area (Å²) in [6, 6.07) is 16.9. The number of non-ortho nitro benzene ring substituents is 1. The van der Waals surface area contributed by atoms with Gasteiger partial charge in [0.05, 0.1) is 29.9 Å². The summed E-state index contributed by atoms with van der Waals surface area (Å²) in [5.41, 5.74) is 0.447. The van der Waals surface area contributed by atoms with Gasteiger partial charge in [0.15, 0.2) is 18.1 Å². The van der Waals surface area contributed by atoms with Crippen LogP contribution in [0.15, 0.2) is 66.2 Å². The van der Waals surface area contributed by atoms with Crippen molar-refractivity contribution in [3.8, 4) is 23.3 Å². The lowest BCUT2D eigenvalue weighted by atomic mass is 10.1. The van der Waals surface area contributed by atoms with Crippen molar-refractivity contribution in [2.75, 3.05) is 31.5 Å². The van der Waals surface area contributed by atoms with Crippen LogP contribution >= 0.6 is 11.6 Å². The number of carbonyl (C=O) groups is 2. The number of nitriles is 1. The smallest absolute Gasteiger partial charge is 0.271 e. The van der Waals surface area contributed by atoms with Crippen molar-refractivity contribution in [2.24, 2.45) is 0 Å². The highest BCUT2D eigenvalue weighted by atomic mass is 35.5. The third-order valence-corrected chi connectivity index (χ3v) is 5.25. The Morgan fingerprint density at radius 2 is 1.79 bits per heavy atom. The lowest BCUT2D eigenvalue weighted by Gasteiger charge is -2.14. The molecule has 3 rings (SSSR count). The Kier molecular flexibility index (Phi) is 9.23. The Morgan fingerprint density at radius 1 is 1.05 bits per heavy atom. The summed E-state index contributed by atoms with van der Waals surface area (Å²) in [4.78, 5) is 35.3. The van der Waals surface area contributed by atoms with Crippen LogP contribution in [0.1, 0.15) is 5.56 Å². The molecule has 0 atom stereocenters. The van der Waals surface area contributed by atoms with E-state index in [2.05, 4.69) is 10.6 Å². The van der Waals surface area contributed by atoms with Crippen LogP contribution in [-0.2, 0) is 9.59 Å². The van der Waals surface area contributed by atoms with E-state index < -0.39 is 23.3 Å². The largest absolute Gasteiger partial charge is 0.495 e. The molecule has 2 N–H and O–H groups in total. The molecule has 2 amide bonds. The number of hydrogen-bond acceptors (Lipinski definition) is 8. The van der Waals surface area contributed by atoms with Gasteiger partial charge in [-0.05, 0) is 42.0 Å². The second kappa shape index (κ2) is 12.8. The number of carbonyl (C=O) groups excluding carboxylic acids is 2. The predicted octanol–water partition coefficient (Wildman–Crippen LogP) is 4.83. The molecule has 12 heteroatoms. The van der Waals surface area contributed by atoms with E-state index in [1.807, 2.05) is 0 Å². The minimum atomic E-state index is -0.781. The van der Waals surface area contributed by atoms with E-state index in [-0.39, 0.29) is 33.5 Å². The molecule has 3 aromatic carbocycles. The first-order valence-corrected chi connectivity index (χ1v) is 11.2.